The summed E-state index contributed by atoms with van der Waals surface area (Å²) in [5.41, 5.74) is 4.08. The fourth-order valence-electron chi connectivity index (χ4n) is 1.58. The molecule has 1 N–H and O–H groups in total. The molecule has 3 nitrogen and oxygen atoms in total. The average Bonchev–Trinajstić information content (AvgIpc) is 2.91. The first-order valence-electron chi connectivity index (χ1n) is 6.18. The highest BCUT2D eigenvalue weighted by Gasteiger charge is 1.98. The zero-order chi connectivity index (χ0) is 12.6. The lowest BCUT2D eigenvalue weighted by atomic mass is 10.2. The Morgan fingerprint density at radius 2 is 2.11 bits per heavy atom. The summed E-state index contributed by atoms with van der Waals surface area (Å²) < 4.78 is 5.65. The van der Waals surface area contributed by atoms with Gasteiger partial charge in [-0.3, -0.25) is 0 Å². The maximum absolute atomic E-state index is 5.65. The van der Waals surface area contributed by atoms with Gasteiger partial charge in [0.1, 0.15) is 12.4 Å². The minimum atomic E-state index is 0.539. The standard InChI is InChI=1S/C14H18N2OS/c1-2-7-15-8-12-3-5-14(6-4-12)17-9-13-10-18-11-16-13/h3-6,10-11,15H,2,7-9H2,1H3. The van der Waals surface area contributed by atoms with Crippen LogP contribution in [0, 0.1) is 0 Å². The minimum absolute atomic E-state index is 0.539. The Bertz CT molecular complexity index is 439. The van der Waals surface area contributed by atoms with Crippen LogP contribution in [-0.2, 0) is 13.2 Å². The second kappa shape index (κ2) is 7.13. The quantitative estimate of drug-likeness (QED) is 0.778. The van der Waals surface area contributed by atoms with Crippen LogP contribution in [-0.4, -0.2) is 11.5 Å². The molecule has 0 radical (unpaired) electrons. The van der Waals surface area contributed by atoms with Gasteiger partial charge in [0.15, 0.2) is 0 Å². The summed E-state index contributed by atoms with van der Waals surface area (Å²) in [4.78, 5) is 4.18. The Balaban J connectivity index is 1.80. The predicted octanol–water partition coefficient (Wildman–Crippen LogP) is 3.22. The molecule has 0 fully saturated rings. The van der Waals surface area contributed by atoms with Gasteiger partial charge in [-0.05, 0) is 30.7 Å². The van der Waals surface area contributed by atoms with Crippen molar-refractivity contribution in [2.24, 2.45) is 0 Å². The lowest BCUT2D eigenvalue weighted by Crippen LogP contribution is -2.13. The summed E-state index contributed by atoms with van der Waals surface area (Å²) in [5.74, 6) is 0.891. The lowest BCUT2D eigenvalue weighted by molar-refractivity contribution is 0.302. The fraction of sp³-hybridized carbons (Fsp3) is 0.357. The molecule has 2 rings (SSSR count). The molecular weight excluding hydrogens is 244 g/mol. The average molecular weight is 262 g/mol. The lowest BCUT2D eigenvalue weighted by Gasteiger charge is -2.06. The summed E-state index contributed by atoms with van der Waals surface area (Å²) in [6.45, 7) is 4.68. The molecule has 1 heterocycles. The summed E-state index contributed by atoms with van der Waals surface area (Å²) in [5, 5.41) is 5.38. The van der Waals surface area contributed by atoms with Crippen LogP contribution in [0.1, 0.15) is 24.6 Å². The van der Waals surface area contributed by atoms with Gasteiger partial charge in [-0.2, -0.15) is 0 Å². The van der Waals surface area contributed by atoms with Crippen molar-refractivity contribution in [2.75, 3.05) is 6.54 Å². The molecule has 0 atom stereocenters. The monoisotopic (exact) mass is 262 g/mol. The largest absolute Gasteiger partial charge is 0.487 e. The number of hydrogen-bond donors (Lipinski definition) is 1. The smallest absolute Gasteiger partial charge is 0.131 e. The molecule has 0 aliphatic heterocycles. The number of nitrogens with one attached hydrogen (secondary N) is 1. The first-order valence-corrected chi connectivity index (χ1v) is 7.12. The third-order valence-electron chi connectivity index (χ3n) is 2.55. The molecule has 0 spiro atoms. The Labute approximate surface area is 112 Å². The summed E-state index contributed by atoms with van der Waals surface area (Å²) >= 11 is 1.59. The van der Waals surface area contributed by atoms with Crippen molar-refractivity contribution in [3.05, 3.63) is 46.4 Å². The predicted molar refractivity (Wildman–Crippen MR) is 74.9 cm³/mol. The van der Waals surface area contributed by atoms with E-state index < -0.39 is 0 Å². The molecule has 2 aromatic rings. The second-order valence-electron chi connectivity index (χ2n) is 4.09. The molecule has 0 aliphatic carbocycles. The molecule has 0 amide bonds. The second-order valence-corrected chi connectivity index (χ2v) is 4.81. The van der Waals surface area contributed by atoms with Crippen LogP contribution < -0.4 is 10.1 Å². The highest BCUT2D eigenvalue weighted by Crippen LogP contribution is 2.14. The third-order valence-corrected chi connectivity index (χ3v) is 3.18. The molecular formula is C14H18N2OS. The van der Waals surface area contributed by atoms with Gasteiger partial charge in [-0.25, -0.2) is 4.98 Å². The summed E-state index contributed by atoms with van der Waals surface area (Å²) in [6, 6.07) is 8.21. The van der Waals surface area contributed by atoms with E-state index in [1.807, 2.05) is 23.0 Å². The molecule has 0 saturated heterocycles. The van der Waals surface area contributed by atoms with E-state index in [0.717, 1.165) is 31.0 Å². The van der Waals surface area contributed by atoms with E-state index in [2.05, 4.69) is 29.4 Å². The number of benzene rings is 1. The van der Waals surface area contributed by atoms with Gasteiger partial charge < -0.3 is 10.1 Å². The van der Waals surface area contributed by atoms with Gasteiger partial charge >= 0.3 is 0 Å². The van der Waals surface area contributed by atoms with Crippen molar-refractivity contribution in [1.82, 2.24) is 10.3 Å². The van der Waals surface area contributed by atoms with E-state index in [9.17, 15) is 0 Å². The Morgan fingerprint density at radius 3 is 2.78 bits per heavy atom. The van der Waals surface area contributed by atoms with Crippen molar-refractivity contribution in [3.8, 4) is 5.75 Å². The van der Waals surface area contributed by atoms with Crippen LogP contribution in [0.25, 0.3) is 0 Å². The van der Waals surface area contributed by atoms with Crippen LogP contribution in [0.15, 0.2) is 35.2 Å². The van der Waals surface area contributed by atoms with Gasteiger partial charge in [0, 0.05) is 11.9 Å². The zero-order valence-corrected chi connectivity index (χ0v) is 11.4. The molecule has 1 aromatic heterocycles. The number of rotatable bonds is 7. The molecule has 0 unspecified atom stereocenters. The van der Waals surface area contributed by atoms with E-state index >= 15 is 0 Å². The Hall–Kier alpha value is -1.39. The SMILES string of the molecule is CCCNCc1ccc(OCc2cscn2)cc1. The van der Waals surface area contributed by atoms with Crippen molar-refractivity contribution in [2.45, 2.75) is 26.5 Å². The molecule has 0 bridgehead atoms. The van der Waals surface area contributed by atoms with Gasteiger partial charge in [-0.1, -0.05) is 19.1 Å². The molecule has 1 aromatic carbocycles. The molecule has 96 valence electrons. The summed E-state index contributed by atoms with van der Waals surface area (Å²) in [7, 11) is 0. The topological polar surface area (TPSA) is 34.1 Å². The van der Waals surface area contributed by atoms with Crippen molar-refractivity contribution < 1.29 is 4.74 Å². The molecule has 0 saturated carbocycles. The number of hydrogen-bond acceptors (Lipinski definition) is 4. The zero-order valence-electron chi connectivity index (χ0n) is 10.6. The van der Waals surface area contributed by atoms with Crippen LogP contribution in [0.4, 0.5) is 0 Å². The van der Waals surface area contributed by atoms with Crippen molar-refractivity contribution in [3.63, 3.8) is 0 Å². The Kier molecular flexibility index (Phi) is 5.17. The van der Waals surface area contributed by atoms with Gasteiger partial charge in [-0.15, -0.1) is 11.3 Å². The van der Waals surface area contributed by atoms with Crippen LogP contribution in [0.5, 0.6) is 5.75 Å². The maximum atomic E-state index is 5.65. The van der Waals surface area contributed by atoms with Crippen LogP contribution >= 0.6 is 11.3 Å². The van der Waals surface area contributed by atoms with Crippen LogP contribution in [0.3, 0.4) is 0 Å². The van der Waals surface area contributed by atoms with Gasteiger partial charge in [0.25, 0.3) is 0 Å². The number of thiazole rings is 1. The minimum Gasteiger partial charge on any atom is -0.487 e. The van der Waals surface area contributed by atoms with E-state index in [-0.39, 0.29) is 0 Å². The normalized spacial score (nSPS) is 10.5. The maximum Gasteiger partial charge on any atom is 0.131 e. The molecule has 0 aliphatic rings. The number of nitrogens with zero attached hydrogens (tertiary/aromatic N) is 1. The highest BCUT2D eigenvalue weighted by molar-refractivity contribution is 7.07. The first-order chi connectivity index (χ1) is 8.88. The number of ether oxygens (including phenoxy) is 1. The van der Waals surface area contributed by atoms with E-state index in [4.69, 9.17) is 4.74 Å². The van der Waals surface area contributed by atoms with Gasteiger partial charge in [0.05, 0.1) is 11.2 Å². The first kappa shape index (κ1) is 13.1. The van der Waals surface area contributed by atoms with Crippen molar-refractivity contribution >= 4 is 11.3 Å². The Morgan fingerprint density at radius 1 is 1.28 bits per heavy atom. The van der Waals surface area contributed by atoms with E-state index in [1.165, 1.54) is 5.56 Å². The van der Waals surface area contributed by atoms with Gasteiger partial charge in [0.2, 0.25) is 0 Å². The van der Waals surface area contributed by atoms with E-state index in [0.29, 0.717) is 6.61 Å². The molecule has 4 heteroatoms. The van der Waals surface area contributed by atoms with Crippen LogP contribution in [0.2, 0.25) is 0 Å². The third kappa shape index (κ3) is 4.13. The van der Waals surface area contributed by atoms with E-state index in [1.54, 1.807) is 11.3 Å². The molecule has 18 heavy (non-hydrogen) atoms. The fourth-order valence-corrected chi connectivity index (χ4v) is 2.12. The van der Waals surface area contributed by atoms with Crippen molar-refractivity contribution in [1.29, 1.82) is 0 Å². The number of aromatic nitrogens is 1. The highest BCUT2D eigenvalue weighted by atomic mass is 32.1. The summed E-state index contributed by atoms with van der Waals surface area (Å²) in [6.07, 6.45) is 1.16.